The molecule has 0 fully saturated rings. The average Bonchev–Trinajstić information content (AvgIpc) is 2.48. The number of hydrogen-bond donors (Lipinski definition) is 1. The lowest BCUT2D eigenvalue weighted by molar-refractivity contribution is 0.0601. The van der Waals surface area contributed by atoms with Crippen LogP contribution in [0.2, 0.25) is 0 Å². The topological polar surface area (TPSA) is 90.5 Å². The summed E-state index contributed by atoms with van der Waals surface area (Å²) in [5.74, 6) is -0.561. The first-order valence-corrected chi connectivity index (χ1v) is 5.94. The van der Waals surface area contributed by atoms with Gasteiger partial charge in [-0.1, -0.05) is 0 Å². The second kappa shape index (κ2) is 5.30. The van der Waals surface area contributed by atoms with Gasteiger partial charge < -0.3 is 9.84 Å². The molecule has 2 aromatic rings. The number of aromatic nitrogens is 2. The van der Waals surface area contributed by atoms with Crippen LogP contribution in [0.25, 0.3) is 10.9 Å². The summed E-state index contributed by atoms with van der Waals surface area (Å²) in [7, 11) is 2.77. The van der Waals surface area contributed by atoms with Gasteiger partial charge in [0.1, 0.15) is 0 Å². The smallest absolute Gasteiger partial charge is 0.337 e. The SMILES string of the molecule is COC(=O)c1ccc2c(c1)c(=O)n(CCO)c(=O)n2C. The molecule has 1 aromatic heterocycles. The Hall–Kier alpha value is -2.41. The molecule has 0 aliphatic heterocycles. The number of nitrogens with zero attached hydrogens (tertiary/aromatic N) is 2. The standard InChI is InChI=1S/C13H14N2O5/c1-14-10-4-3-8(12(18)20-2)7-9(10)11(17)15(5-6-16)13(14)19/h3-4,7,16H,5-6H2,1-2H3. The highest BCUT2D eigenvalue weighted by Gasteiger charge is 2.13. The van der Waals surface area contributed by atoms with Crippen molar-refractivity contribution in [1.82, 2.24) is 9.13 Å². The Balaban J connectivity index is 2.84. The van der Waals surface area contributed by atoms with Gasteiger partial charge in [0.05, 0.1) is 36.7 Å². The largest absolute Gasteiger partial charge is 0.465 e. The van der Waals surface area contributed by atoms with Crippen molar-refractivity contribution < 1.29 is 14.6 Å². The lowest BCUT2D eigenvalue weighted by Crippen LogP contribution is -2.39. The first kappa shape index (κ1) is 14.0. The van der Waals surface area contributed by atoms with Crippen molar-refractivity contribution in [2.24, 2.45) is 7.05 Å². The molecular formula is C13H14N2O5. The molecule has 0 saturated carbocycles. The number of aliphatic hydroxyl groups is 1. The maximum atomic E-state index is 12.2. The number of carbonyl (C=O) groups is 1. The van der Waals surface area contributed by atoms with E-state index in [1.807, 2.05) is 0 Å². The van der Waals surface area contributed by atoms with Crippen molar-refractivity contribution >= 4 is 16.9 Å². The Morgan fingerprint density at radius 2 is 2.05 bits per heavy atom. The maximum Gasteiger partial charge on any atom is 0.337 e. The van der Waals surface area contributed by atoms with E-state index in [4.69, 9.17) is 5.11 Å². The van der Waals surface area contributed by atoms with E-state index in [1.165, 1.54) is 36.9 Å². The van der Waals surface area contributed by atoms with E-state index < -0.39 is 17.2 Å². The summed E-state index contributed by atoms with van der Waals surface area (Å²) < 4.78 is 6.83. The molecule has 7 nitrogen and oxygen atoms in total. The fourth-order valence-corrected chi connectivity index (χ4v) is 2.06. The first-order valence-electron chi connectivity index (χ1n) is 5.94. The Bertz CT molecular complexity index is 788. The molecule has 0 amide bonds. The predicted octanol–water partition coefficient (Wildman–Crippen LogP) is -0.521. The molecule has 0 aliphatic rings. The van der Waals surface area contributed by atoms with Gasteiger partial charge >= 0.3 is 11.7 Å². The molecule has 1 N–H and O–H groups in total. The third-order valence-corrected chi connectivity index (χ3v) is 3.10. The average molecular weight is 278 g/mol. The highest BCUT2D eigenvalue weighted by molar-refractivity contribution is 5.94. The number of methoxy groups -OCH3 is 1. The van der Waals surface area contributed by atoms with Crippen LogP contribution in [0.3, 0.4) is 0 Å². The zero-order valence-electron chi connectivity index (χ0n) is 11.1. The third-order valence-electron chi connectivity index (χ3n) is 3.10. The molecule has 7 heteroatoms. The maximum absolute atomic E-state index is 12.2. The minimum Gasteiger partial charge on any atom is -0.465 e. The summed E-state index contributed by atoms with van der Waals surface area (Å²) in [5, 5.41) is 9.16. The summed E-state index contributed by atoms with van der Waals surface area (Å²) in [6.45, 7) is -0.415. The van der Waals surface area contributed by atoms with Gasteiger partial charge in [-0.15, -0.1) is 0 Å². The molecule has 1 heterocycles. The molecular weight excluding hydrogens is 264 g/mol. The van der Waals surface area contributed by atoms with E-state index in [0.717, 1.165) is 4.57 Å². The molecule has 0 spiro atoms. The fourth-order valence-electron chi connectivity index (χ4n) is 2.06. The van der Waals surface area contributed by atoms with Gasteiger partial charge in [0.15, 0.2) is 0 Å². The summed E-state index contributed by atoms with van der Waals surface area (Å²) in [6, 6.07) is 4.40. The second-order valence-electron chi connectivity index (χ2n) is 4.25. The third kappa shape index (κ3) is 2.12. The number of benzene rings is 1. The van der Waals surface area contributed by atoms with Crippen molar-refractivity contribution in [1.29, 1.82) is 0 Å². The summed E-state index contributed by atoms with van der Waals surface area (Å²) in [6.07, 6.45) is 0. The second-order valence-corrected chi connectivity index (χ2v) is 4.25. The lowest BCUT2D eigenvalue weighted by Gasteiger charge is -2.10. The van der Waals surface area contributed by atoms with Crippen LogP contribution < -0.4 is 11.2 Å². The highest BCUT2D eigenvalue weighted by Crippen LogP contribution is 2.11. The Kier molecular flexibility index (Phi) is 3.71. The fraction of sp³-hybridized carbons (Fsp3) is 0.308. The van der Waals surface area contributed by atoms with Crippen LogP contribution in [-0.4, -0.2) is 33.9 Å². The monoisotopic (exact) mass is 278 g/mol. The number of esters is 1. The molecule has 106 valence electrons. The number of carbonyl (C=O) groups excluding carboxylic acids is 1. The van der Waals surface area contributed by atoms with E-state index in [2.05, 4.69) is 4.74 Å². The van der Waals surface area contributed by atoms with Gasteiger partial charge in [0, 0.05) is 7.05 Å². The molecule has 1 aromatic carbocycles. The number of hydrogen-bond acceptors (Lipinski definition) is 5. The summed E-state index contributed by atoms with van der Waals surface area (Å²) >= 11 is 0. The van der Waals surface area contributed by atoms with Crippen LogP contribution in [0.15, 0.2) is 27.8 Å². The quantitative estimate of drug-likeness (QED) is 0.763. The number of aliphatic hydroxyl groups excluding tert-OH is 1. The molecule has 20 heavy (non-hydrogen) atoms. The first-order chi connectivity index (χ1) is 9.51. The molecule has 0 unspecified atom stereocenters. The zero-order valence-corrected chi connectivity index (χ0v) is 11.1. The van der Waals surface area contributed by atoms with Gasteiger partial charge in [-0.2, -0.15) is 0 Å². The minimum atomic E-state index is -0.561. The van der Waals surface area contributed by atoms with Crippen LogP contribution in [0.1, 0.15) is 10.4 Å². The van der Waals surface area contributed by atoms with Crippen molar-refractivity contribution in [3.63, 3.8) is 0 Å². The minimum absolute atomic E-state index is 0.0934. The van der Waals surface area contributed by atoms with Crippen molar-refractivity contribution in [2.45, 2.75) is 6.54 Å². The van der Waals surface area contributed by atoms with Crippen LogP contribution in [-0.2, 0) is 18.3 Å². The van der Waals surface area contributed by atoms with Crippen molar-refractivity contribution in [3.05, 3.63) is 44.6 Å². The van der Waals surface area contributed by atoms with E-state index in [9.17, 15) is 14.4 Å². The van der Waals surface area contributed by atoms with E-state index in [1.54, 1.807) is 0 Å². The number of aryl methyl sites for hydroxylation is 1. The Morgan fingerprint density at radius 1 is 1.35 bits per heavy atom. The highest BCUT2D eigenvalue weighted by atomic mass is 16.5. The zero-order chi connectivity index (χ0) is 14.9. The van der Waals surface area contributed by atoms with E-state index >= 15 is 0 Å². The Morgan fingerprint density at radius 3 is 2.65 bits per heavy atom. The van der Waals surface area contributed by atoms with Crippen molar-refractivity contribution in [3.8, 4) is 0 Å². The molecule has 0 bridgehead atoms. The molecule has 2 rings (SSSR count). The molecule has 0 atom stereocenters. The molecule has 0 radical (unpaired) electrons. The normalized spacial score (nSPS) is 10.8. The molecule has 0 saturated heterocycles. The lowest BCUT2D eigenvalue weighted by atomic mass is 10.1. The number of fused-ring (bicyclic) bond motifs is 1. The number of ether oxygens (including phenoxy) is 1. The van der Waals surface area contributed by atoms with Gasteiger partial charge in [-0.05, 0) is 18.2 Å². The van der Waals surface area contributed by atoms with Crippen molar-refractivity contribution in [2.75, 3.05) is 13.7 Å². The van der Waals surface area contributed by atoms with Gasteiger partial charge in [0.2, 0.25) is 0 Å². The van der Waals surface area contributed by atoms with Gasteiger partial charge in [0.25, 0.3) is 5.56 Å². The van der Waals surface area contributed by atoms with Gasteiger partial charge in [-0.25, -0.2) is 9.59 Å². The van der Waals surface area contributed by atoms with Crippen LogP contribution in [0.5, 0.6) is 0 Å². The van der Waals surface area contributed by atoms with E-state index in [0.29, 0.717) is 5.52 Å². The summed E-state index contributed by atoms with van der Waals surface area (Å²) in [4.78, 5) is 35.7. The summed E-state index contributed by atoms with van der Waals surface area (Å²) in [5.41, 5.74) is -0.404. The van der Waals surface area contributed by atoms with Gasteiger partial charge in [-0.3, -0.25) is 13.9 Å². The predicted molar refractivity (Wildman–Crippen MR) is 71.9 cm³/mol. The van der Waals surface area contributed by atoms with Crippen LogP contribution >= 0.6 is 0 Å². The van der Waals surface area contributed by atoms with Crippen LogP contribution in [0, 0.1) is 0 Å². The van der Waals surface area contributed by atoms with Crippen LogP contribution in [0.4, 0.5) is 0 Å². The number of rotatable bonds is 3. The van der Waals surface area contributed by atoms with E-state index in [-0.39, 0.29) is 24.1 Å². The molecule has 0 aliphatic carbocycles. The Labute approximate surface area is 113 Å².